The first-order chi connectivity index (χ1) is 12.3. The number of carbonyl (C=O) groups excluding carboxylic acids is 2. The van der Waals surface area contributed by atoms with Crippen molar-refractivity contribution in [2.24, 2.45) is 0 Å². The number of halogens is 2. The first kappa shape index (κ1) is 20.0. The zero-order chi connectivity index (χ0) is 19.4. The van der Waals surface area contributed by atoms with E-state index in [2.05, 4.69) is 10.7 Å². The largest absolute Gasteiger partial charge is 0.478 e. The molecule has 136 valence electrons. The van der Waals surface area contributed by atoms with Gasteiger partial charge in [0.1, 0.15) is 18.8 Å². The SMILES string of the molecule is C#CCOc1c(Cl)cc(C=C2C(=O)N(C)C(=S)N2CC(=O)OC)cc1Cl. The summed E-state index contributed by atoms with van der Waals surface area (Å²) in [6.07, 6.45) is 6.69. The molecule has 1 aliphatic rings. The number of terminal acetylenes is 1. The molecule has 0 N–H and O–H groups in total. The third-order valence-electron chi connectivity index (χ3n) is 3.47. The predicted octanol–water partition coefficient (Wildman–Crippen LogP) is 2.58. The number of carbonyl (C=O) groups is 2. The van der Waals surface area contributed by atoms with Gasteiger partial charge in [-0.25, -0.2) is 0 Å². The number of nitrogens with zero attached hydrogens (tertiary/aromatic N) is 2. The topological polar surface area (TPSA) is 59.1 Å². The van der Waals surface area contributed by atoms with Gasteiger partial charge in [0.25, 0.3) is 5.91 Å². The van der Waals surface area contributed by atoms with Crippen LogP contribution in [0.25, 0.3) is 6.08 Å². The van der Waals surface area contributed by atoms with E-state index in [1.807, 2.05) is 0 Å². The van der Waals surface area contributed by atoms with Crippen molar-refractivity contribution in [2.75, 3.05) is 27.3 Å². The molecule has 0 saturated carbocycles. The second kappa shape index (κ2) is 8.41. The molecule has 0 bridgehead atoms. The number of ether oxygens (including phenoxy) is 2. The molecule has 0 aliphatic carbocycles. The molecular weight excluding hydrogens is 399 g/mol. The van der Waals surface area contributed by atoms with Crippen LogP contribution >= 0.6 is 35.4 Å². The Kier molecular flexibility index (Phi) is 6.48. The van der Waals surface area contributed by atoms with Crippen LogP contribution < -0.4 is 4.74 Å². The van der Waals surface area contributed by atoms with Crippen LogP contribution in [0.2, 0.25) is 10.0 Å². The zero-order valence-electron chi connectivity index (χ0n) is 13.9. The highest BCUT2D eigenvalue weighted by Gasteiger charge is 2.36. The summed E-state index contributed by atoms with van der Waals surface area (Å²) in [5, 5.41) is 0.666. The van der Waals surface area contributed by atoms with Crippen molar-refractivity contribution in [3.05, 3.63) is 33.4 Å². The molecule has 0 spiro atoms. The third-order valence-corrected chi connectivity index (χ3v) is 4.53. The van der Waals surface area contributed by atoms with Crippen LogP contribution in [0.3, 0.4) is 0 Å². The normalized spacial score (nSPS) is 15.4. The summed E-state index contributed by atoms with van der Waals surface area (Å²) in [7, 11) is 2.78. The van der Waals surface area contributed by atoms with Gasteiger partial charge in [-0.15, -0.1) is 6.42 Å². The summed E-state index contributed by atoms with van der Waals surface area (Å²) in [5.41, 5.74) is 0.733. The Morgan fingerprint density at radius 3 is 2.54 bits per heavy atom. The average molecular weight is 413 g/mol. The van der Waals surface area contributed by atoms with Gasteiger partial charge in [-0.05, 0) is 36.0 Å². The number of thiocarbonyl (C=S) groups is 1. The Labute approximate surface area is 166 Å². The van der Waals surface area contributed by atoms with E-state index in [1.54, 1.807) is 12.1 Å². The molecule has 1 heterocycles. The van der Waals surface area contributed by atoms with Crippen LogP contribution in [0, 0.1) is 12.3 Å². The van der Waals surface area contributed by atoms with Crippen molar-refractivity contribution in [1.29, 1.82) is 0 Å². The fourth-order valence-corrected chi connectivity index (χ4v) is 3.08. The average Bonchev–Trinajstić information content (AvgIpc) is 2.79. The van der Waals surface area contributed by atoms with E-state index in [9.17, 15) is 9.59 Å². The maximum absolute atomic E-state index is 12.4. The van der Waals surface area contributed by atoms with E-state index in [0.717, 1.165) is 0 Å². The summed E-state index contributed by atoms with van der Waals surface area (Å²) >= 11 is 17.6. The maximum atomic E-state index is 12.4. The van der Waals surface area contributed by atoms with Crippen molar-refractivity contribution in [1.82, 2.24) is 9.80 Å². The van der Waals surface area contributed by atoms with Gasteiger partial charge in [0, 0.05) is 7.05 Å². The molecular formula is C17H14Cl2N2O4S. The maximum Gasteiger partial charge on any atom is 0.325 e. The van der Waals surface area contributed by atoms with Gasteiger partial charge in [0.05, 0.1) is 17.2 Å². The van der Waals surface area contributed by atoms with Crippen LogP contribution in [0.15, 0.2) is 17.8 Å². The minimum atomic E-state index is -0.532. The summed E-state index contributed by atoms with van der Waals surface area (Å²) in [6, 6.07) is 3.13. The summed E-state index contributed by atoms with van der Waals surface area (Å²) in [4.78, 5) is 26.7. The van der Waals surface area contributed by atoms with Crippen LogP contribution in [0.1, 0.15) is 5.56 Å². The molecule has 0 radical (unpaired) electrons. The Morgan fingerprint density at radius 2 is 2.00 bits per heavy atom. The van der Waals surface area contributed by atoms with Crippen molar-refractivity contribution in [3.63, 3.8) is 0 Å². The minimum absolute atomic E-state index is 0.0182. The van der Waals surface area contributed by atoms with E-state index in [1.165, 1.54) is 30.0 Å². The number of benzene rings is 1. The Morgan fingerprint density at radius 1 is 1.38 bits per heavy atom. The lowest BCUT2D eigenvalue weighted by molar-refractivity contribution is -0.140. The molecule has 1 aromatic carbocycles. The second-order valence-corrected chi connectivity index (χ2v) is 6.32. The van der Waals surface area contributed by atoms with E-state index < -0.39 is 5.97 Å². The van der Waals surface area contributed by atoms with Crippen LogP contribution in [0.5, 0.6) is 5.75 Å². The smallest absolute Gasteiger partial charge is 0.325 e. The number of hydrogen-bond acceptors (Lipinski definition) is 5. The van der Waals surface area contributed by atoms with E-state index in [0.29, 0.717) is 5.56 Å². The Hall–Kier alpha value is -2.27. The molecule has 2 rings (SSSR count). The molecule has 1 fully saturated rings. The molecule has 0 atom stereocenters. The van der Waals surface area contributed by atoms with Gasteiger partial charge in [-0.2, -0.15) is 0 Å². The summed E-state index contributed by atoms with van der Waals surface area (Å²) in [5.74, 6) is 1.68. The lowest BCUT2D eigenvalue weighted by Gasteiger charge is -2.17. The minimum Gasteiger partial charge on any atom is -0.478 e. The molecule has 0 aromatic heterocycles. The predicted molar refractivity (Wildman–Crippen MR) is 103 cm³/mol. The fraction of sp³-hybridized carbons (Fsp3) is 0.235. The number of hydrogen-bond donors (Lipinski definition) is 0. The second-order valence-electron chi connectivity index (χ2n) is 5.15. The number of esters is 1. The molecule has 1 aromatic rings. The van der Waals surface area contributed by atoms with Crippen molar-refractivity contribution in [3.8, 4) is 18.1 Å². The molecule has 0 unspecified atom stereocenters. The number of amides is 1. The molecule has 9 heteroatoms. The fourth-order valence-electron chi connectivity index (χ4n) is 2.22. The molecule has 1 saturated heterocycles. The van der Waals surface area contributed by atoms with Crippen LogP contribution in [0.4, 0.5) is 0 Å². The Balaban J connectivity index is 2.42. The van der Waals surface area contributed by atoms with Crippen molar-refractivity contribution in [2.45, 2.75) is 0 Å². The van der Waals surface area contributed by atoms with Gasteiger partial charge < -0.3 is 14.4 Å². The highest BCUT2D eigenvalue weighted by molar-refractivity contribution is 7.80. The molecule has 26 heavy (non-hydrogen) atoms. The van der Waals surface area contributed by atoms with Gasteiger partial charge >= 0.3 is 5.97 Å². The van der Waals surface area contributed by atoms with E-state index in [-0.39, 0.29) is 45.7 Å². The standard InChI is InChI=1S/C17H14Cl2N2O4S/c1-4-5-25-15-11(18)6-10(7-12(15)19)8-13-16(23)20(2)17(26)21(13)9-14(22)24-3/h1,6-8H,5,9H2,2-3H3. The summed E-state index contributed by atoms with van der Waals surface area (Å²) < 4.78 is 9.95. The van der Waals surface area contributed by atoms with E-state index in [4.69, 9.17) is 46.6 Å². The van der Waals surface area contributed by atoms with E-state index >= 15 is 0 Å². The number of methoxy groups -OCH3 is 1. The van der Waals surface area contributed by atoms with Crippen LogP contribution in [-0.4, -0.2) is 54.1 Å². The van der Waals surface area contributed by atoms with Crippen LogP contribution in [-0.2, 0) is 14.3 Å². The van der Waals surface area contributed by atoms with Gasteiger partial charge in [-0.3, -0.25) is 14.5 Å². The Bertz CT molecular complexity index is 825. The molecule has 6 nitrogen and oxygen atoms in total. The molecule has 1 amide bonds. The lowest BCUT2D eigenvalue weighted by atomic mass is 10.1. The quantitative estimate of drug-likeness (QED) is 0.320. The zero-order valence-corrected chi connectivity index (χ0v) is 16.2. The summed E-state index contributed by atoms with van der Waals surface area (Å²) in [6.45, 7) is -0.174. The first-order valence-corrected chi connectivity index (χ1v) is 8.40. The first-order valence-electron chi connectivity index (χ1n) is 7.23. The lowest BCUT2D eigenvalue weighted by Crippen LogP contribution is -2.33. The van der Waals surface area contributed by atoms with Crippen molar-refractivity contribution < 1.29 is 19.1 Å². The third kappa shape index (κ3) is 4.10. The highest BCUT2D eigenvalue weighted by Crippen LogP contribution is 2.35. The van der Waals surface area contributed by atoms with Gasteiger partial charge in [0.15, 0.2) is 10.9 Å². The van der Waals surface area contributed by atoms with Gasteiger partial charge in [-0.1, -0.05) is 29.1 Å². The highest BCUT2D eigenvalue weighted by atomic mass is 35.5. The van der Waals surface area contributed by atoms with Crippen molar-refractivity contribution >= 4 is 58.5 Å². The number of rotatable bonds is 5. The van der Waals surface area contributed by atoms with Gasteiger partial charge in [0.2, 0.25) is 0 Å². The number of likely N-dealkylation sites (N-methyl/N-ethyl adjacent to an activating group) is 1. The monoisotopic (exact) mass is 412 g/mol. The molecule has 1 aliphatic heterocycles.